The van der Waals surface area contributed by atoms with E-state index in [1.165, 1.54) is 58.0 Å². The highest BCUT2D eigenvalue weighted by Crippen LogP contribution is 2.34. The number of rotatable bonds is 1. The molecule has 3 unspecified atom stereocenters. The first-order valence-corrected chi connectivity index (χ1v) is 8.31. The smallest absolute Gasteiger partial charge is 0.0561 e. The molecule has 19 heavy (non-hydrogen) atoms. The Balaban J connectivity index is 1.68. The van der Waals surface area contributed by atoms with Crippen LogP contribution in [-0.4, -0.2) is 48.3 Å². The van der Waals surface area contributed by atoms with Crippen LogP contribution in [0, 0.1) is 0 Å². The molecular formula is C16H30N2O. The highest BCUT2D eigenvalue weighted by molar-refractivity contribution is 5.00. The first-order chi connectivity index (χ1) is 9.19. The Morgan fingerprint density at radius 3 is 2.68 bits per heavy atom. The summed E-state index contributed by atoms with van der Waals surface area (Å²) in [6.45, 7) is 8.02. The molecule has 3 fully saturated rings. The molecule has 0 amide bonds. The van der Waals surface area contributed by atoms with Crippen molar-refractivity contribution >= 4 is 0 Å². The van der Waals surface area contributed by atoms with E-state index in [4.69, 9.17) is 4.74 Å². The molecule has 3 rings (SSSR count). The maximum absolute atomic E-state index is 5.73. The van der Waals surface area contributed by atoms with Crippen LogP contribution in [0.25, 0.3) is 0 Å². The predicted octanol–water partition coefficient (Wildman–Crippen LogP) is 2.55. The monoisotopic (exact) mass is 266 g/mol. The molecule has 1 saturated carbocycles. The van der Waals surface area contributed by atoms with E-state index in [0.717, 1.165) is 12.6 Å². The lowest BCUT2D eigenvalue weighted by atomic mass is 9.78. The topological polar surface area (TPSA) is 24.5 Å². The molecule has 0 aromatic rings. The minimum Gasteiger partial charge on any atom is -0.378 e. The van der Waals surface area contributed by atoms with Crippen LogP contribution in [0.5, 0.6) is 0 Å². The molecule has 2 aliphatic heterocycles. The quantitative estimate of drug-likeness (QED) is 0.789. The van der Waals surface area contributed by atoms with Gasteiger partial charge in [0.15, 0.2) is 0 Å². The zero-order valence-corrected chi connectivity index (χ0v) is 12.7. The maximum Gasteiger partial charge on any atom is 0.0561 e. The number of piperazine rings is 1. The molecule has 3 atom stereocenters. The van der Waals surface area contributed by atoms with Gasteiger partial charge >= 0.3 is 0 Å². The fourth-order valence-electron chi connectivity index (χ4n) is 4.37. The van der Waals surface area contributed by atoms with Crippen molar-refractivity contribution in [2.24, 2.45) is 0 Å². The number of hydrogen-bond donors (Lipinski definition) is 1. The molecule has 0 bridgehead atoms. The van der Waals surface area contributed by atoms with Crippen LogP contribution in [0.15, 0.2) is 0 Å². The van der Waals surface area contributed by atoms with Gasteiger partial charge in [0.05, 0.1) is 6.10 Å². The van der Waals surface area contributed by atoms with Crippen molar-refractivity contribution in [3.05, 3.63) is 0 Å². The van der Waals surface area contributed by atoms with Gasteiger partial charge < -0.3 is 10.1 Å². The summed E-state index contributed by atoms with van der Waals surface area (Å²) in [7, 11) is 0. The van der Waals surface area contributed by atoms with Crippen LogP contribution in [0.2, 0.25) is 0 Å². The first-order valence-electron chi connectivity index (χ1n) is 8.31. The van der Waals surface area contributed by atoms with Crippen molar-refractivity contribution in [1.82, 2.24) is 10.2 Å². The number of nitrogens with one attached hydrogen (secondary N) is 1. The van der Waals surface area contributed by atoms with Crippen LogP contribution in [-0.2, 0) is 4.74 Å². The summed E-state index contributed by atoms with van der Waals surface area (Å²) in [5.74, 6) is 0. The van der Waals surface area contributed by atoms with Crippen molar-refractivity contribution in [1.29, 1.82) is 0 Å². The van der Waals surface area contributed by atoms with Crippen LogP contribution < -0.4 is 5.32 Å². The average Bonchev–Trinajstić information content (AvgIpc) is 2.43. The van der Waals surface area contributed by atoms with Gasteiger partial charge in [0.2, 0.25) is 0 Å². The summed E-state index contributed by atoms with van der Waals surface area (Å²) in [5.41, 5.74) is 0.437. The van der Waals surface area contributed by atoms with Crippen LogP contribution in [0.3, 0.4) is 0 Å². The maximum atomic E-state index is 5.73. The second-order valence-corrected chi connectivity index (χ2v) is 7.10. The summed E-state index contributed by atoms with van der Waals surface area (Å²) in [6, 6.07) is 1.43. The summed E-state index contributed by atoms with van der Waals surface area (Å²) in [4.78, 5) is 2.81. The zero-order valence-electron chi connectivity index (χ0n) is 12.7. The Morgan fingerprint density at radius 2 is 1.95 bits per heavy atom. The molecule has 0 aromatic carbocycles. The van der Waals surface area contributed by atoms with Crippen LogP contribution >= 0.6 is 0 Å². The molecule has 3 aliphatic rings. The van der Waals surface area contributed by atoms with Gasteiger partial charge in [-0.3, -0.25) is 4.90 Å². The van der Waals surface area contributed by atoms with Crippen molar-refractivity contribution in [2.75, 3.05) is 19.7 Å². The number of nitrogens with zero attached hydrogens (tertiary/aromatic N) is 1. The standard InChI is InChI=1S/C16H30N2O/c1-13-11-17-16(7-4-3-5-8-16)12-18(13)15-6-9-19-14(2)10-15/h13-15,17H,3-12H2,1-2H3. The van der Waals surface area contributed by atoms with Gasteiger partial charge in [-0.25, -0.2) is 0 Å². The lowest BCUT2D eigenvalue weighted by molar-refractivity contribution is -0.0490. The Morgan fingerprint density at radius 1 is 1.16 bits per heavy atom. The van der Waals surface area contributed by atoms with Gasteiger partial charge in [-0.15, -0.1) is 0 Å². The average molecular weight is 266 g/mol. The Kier molecular flexibility index (Phi) is 4.16. The van der Waals surface area contributed by atoms with E-state index >= 15 is 0 Å². The Bertz CT molecular complexity index is 301. The molecule has 0 radical (unpaired) electrons. The molecule has 3 heteroatoms. The van der Waals surface area contributed by atoms with E-state index in [0.29, 0.717) is 17.7 Å². The molecule has 1 N–H and O–H groups in total. The highest BCUT2D eigenvalue weighted by atomic mass is 16.5. The minimum atomic E-state index is 0.437. The summed E-state index contributed by atoms with van der Waals surface area (Å²) in [6.07, 6.45) is 9.93. The van der Waals surface area contributed by atoms with Gasteiger partial charge in [-0.1, -0.05) is 19.3 Å². The SMILES string of the molecule is CC1CC(N2CC3(CCCCC3)NCC2C)CCO1. The molecule has 110 valence electrons. The zero-order chi connectivity index (χ0) is 13.3. The summed E-state index contributed by atoms with van der Waals surface area (Å²) >= 11 is 0. The highest BCUT2D eigenvalue weighted by Gasteiger charge is 2.41. The third-order valence-corrected chi connectivity index (χ3v) is 5.56. The second kappa shape index (κ2) is 5.71. The van der Waals surface area contributed by atoms with E-state index in [1.54, 1.807) is 0 Å². The van der Waals surface area contributed by atoms with E-state index < -0.39 is 0 Å². The van der Waals surface area contributed by atoms with Gasteiger partial charge in [0.1, 0.15) is 0 Å². The van der Waals surface area contributed by atoms with Crippen molar-refractivity contribution in [3.63, 3.8) is 0 Å². The molecule has 0 aromatic heterocycles. The molecule has 2 heterocycles. The fourth-order valence-corrected chi connectivity index (χ4v) is 4.37. The Hall–Kier alpha value is -0.120. The molecule has 1 spiro atoms. The second-order valence-electron chi connectivity index (χ2n) is 7.10. The van der Waals surface area contributed by atoms with Gasteiger partial charge in [-0.2, -0.15) is 0 Å². The lowest BCUT2D eigenvalue weighted by Crippen LogP contribution is -2.66. The van der Waals surface area contributed by atoms with Crippen LogP contribution in [0.1, 0.15) is 58.8 Å². The number of ether oxygens (including phenoxy) is 1. The van der Waals surface area contributed by atoms with E-state index in [1.807, 2.05) is 0 Å². The molecule has 3 nitrogen and oxygen atoms in total. The fraction of sp³-hybridized carbons (Fsp3) is 1.00. The van der Waals surface area contributed by atoms with E-state index in [9.17, 15) is 0 Å². The predicted molar refractivity (Wildman–Crippen MR) is 78.4 cm³/mol. The summed E-state index contributed by atoms with van der Waals surface area (Å²) < 4.78 is 5.73. The summed E-state index contributed by atoms with van der Waals surface area (Å²) in [5, 5.41) is 3.89. The number of hydrogen-bond acceptors (Lipinski definition) is 3. The van der Waals surface area contributed by atoms with Crippen molar-refractivity contribution in [2.45, 2.75) is 82.5 Å². The Labute approximate surface area is 118 Å². The molecule has 1 aliphatic carbocycles. The molecule has 2 saturated heterocycles. The van der Waals surface area contributed by atoms with Crippen molar-refractivity contribution in [3.8, 4) is 0 Å². The third kappa shape index (κ3) is 2.98. The lowest BCUT2D eigenvalue weighted by Gasteiger charge is -2.52. The molecular weight excluding hydrogens is 236 g/mol. The largest absolute Gasteiger partial charge is 0.378 e. The first kappa shape index (κ1) is 13.8. The van der Waals surface area contributed by atoms with Crippen LogP contribution in [0.4, 0.5) is 0 Å². The van der Waals surface area contributed by atoms with Gasteiger partial charge in [0, 0.05) is 37.3 Å². The minimum absolute atomic E-state index is 0.437. The van der Waals surface area contributed by atoms with Gasteiger partial charge in [0.25, 0.3) is 0 Å². The normalized spacial score (nSPS) is 40.4. The van der Waals surface area contributed by atoms with E-state index in [2.05, 4.69) is 24.1 Å². The third-order valence-electron chi connectivity index (χ3n) is 5.56. The van der Waals surface area contributed by atoms with Gasteiger partial charge in [-0.05, 0) is 39.5 Å². The van der Waals surface area contributed by atoms with Crippen molar-refractivity contribution < 1.29 is 4.74 Å². The van der Waals surface area contributed by atoms with E-state index in [-0.39, 0.29) is 0 Å².